The number of nitrogen functional groups attached to an aromatic ring is 2. The molecule has 0 unspecified atom stereocenters. The molecule has 5 rings (SSSR count). The minimum atomic E-state index is 0.205. The summed E-state index contributed by atoms with van der Waals surface area (Å²) < 4.78 is 0. The van der Waals surface area contributed by atoms with E-state index < -0.39 is 0 Å². The second kappa shape index (κ2) is 6.49. The monoisotopic (exact) mass is 368 g/mol. The zero-order chi connectivity index (χ0) is 19.1. The van der Waals surface area contributed by atoms with Gasteiger partial charge in [-0.25, -0.2) is 4.98 Å². The molecule has 6 nitrogen and oxygen atoms in total. The van der Waals surface area contributed by atoms with Crippen molar-refractivity contribution in [2.45, 2.75) is 13.0 Å². The largest absolute Gasteiger partial charge is 0.383 e. The van der Waals surface area contributed by atoms with Gasteiger partial charge in [-0.15, -0.1) is 0 Å². The highest BCUT2D eigenvalue weighted by molar-refractivity contribution is 5.94. The second-order valence-corrected chi connectivity index (χ2v) is 7.03. The fourth-order valence-electron chi connectivity index (χ4n) is 3.90. The van der Waals surface area contributed by atoms with Gasteiger partial charge in [-0.1, -0.05) is 30.3 Å². The third kappa shape index (κ3) is 2.79. The number of rotatable bonds is 3. The molecule has 0 saturated carbocycles. The molecule has 28 heavy (non-hydrogen) atoms. The summed E-state index contributed by atoms with van der Waals surface area (Å²) in [6.45, 7) is 1.62. The van der Waals surface area contributed by atoms with Crippen LogP contribution in [-0.2, 0) is 13.0 Å². The fraction of sp³-hybridized carbons (Fsp3) is 0.136. The summed E-state index contributed by atoms with van der Waals surface area (Å²) in [4.78, 5) is 15.0. The average molecular weight is 368 g/mol. The van der Waals surface area contributed by atoms with Crippen molar-refractivity contribution in [3.8, 4) is 11.1 Å². The van der Waals surface area contributed by atoms with E-state index in [9.17, 15) is 0 Å². The smallest absolute Gasteiger partial charge is 0.221 e. The third-order valence-electron chi connectivity index (χ3n) is 5.29. The van der Waals surface area contributed by atoms with Gasteiger partial charge in [-0.2, -0.15) is 4.98 Å². The first-order chi connectivity index (χ1) is 13.7. The zero-order valence-electron chi connectivity index (χ0n) is 15.3. The van der Waals surface area contributed by atoms with Crippen LogP contribution in [0.2, 0.25) is 0 Å². The van der Waals surface area contributed by atoms with Crippen LogP contribution in [0, 0.1) is 0 Å². The van der Waals surface area contributed by atoms with Crippen LogP contribution in [0.15, 0.2) is 60.9 Å². The van der Waals surface area contributed by atoms with Gasteiger partial charge in [0.05, 0.1) is 5.52 Å². The SMILES string of the molecule is Nc1ncc(CN2CCc3cc(-c4cccc5cccnc45)ccc32)c(N)n1. The molecule has 0 saturated heterocycles. The molecule has 0 bridgehead atoms. The zero-order valence-corrected chi connectivity index (χ0v) is 15.3. The molecule has 2 aromatic carbocycles. The molecule has 4 aromatic rings. The molecule has 2 aromatic heterocycles. The number of nitrogens with two attached hydrogens (primary N) is 2. The predicted molar refractivity (Wildman–Crippen MR) is 113 cm³/mol. The summed E-state index contributed by atoms with van der Waals surface area (Å²) >= 11 is 0. The number of nitrogens with zero attached hydrogens (tertiary/aromatic N) is 4. The van der Waals surface area contributed by atoms with Crippen LogP contribution in [0.5, 0.6) is 0 Å². The molecule has 0 fully saturated rings. The number of benzene rings is 2. The quantitative estimate of drug-likeness (QED) is 0.575. The molecular weight excluding hydrogens is 348 g/mol. The summed E-state index contributed by atoms with van der Waals surface area (Å²) in [6, 6.07) is 17.0. The lowest BCUT2D eigenvalue weighted by Gasteiger charge is -2.20. The Bertz CT molecular complexity index is 1180. The molecule has 3 heterocycles. The van der Waals surface area contributed by atoms with Crippen LogP contribution >= 0.6 is 0 Å². The molecule has 0 atom stereocenters. The summed E-state index contributed by atoms with van der Waals surface area (Å²) in [6.07, 6.45) is 4.56. The maximum atomic E-state index is 6.01. The van der Waals surface area contributed by atoms with Gasteiger partial charge in [0.1, 0.15) is 5.82 Å². The van der Waals surface area contributed by atoms with Crippen molar-refractivity contribution >= 4 is 28.4 Å². The molecule has 138 valence electrons. The number of pyridine rings is 1. The van der Waals surface area contributed by atoms with Gasteiger partial charge in [0.2, 0.25) is 5.95 Å². The summed E-state index contributed by atoms with van der Waals surface area (Å²) in [7, 11) is 0. The number of fused-ring (bicyclic) bond motifs is 2. The van der Waals surface area contributed by atoms with Gasteiger partial charge in [0, 0.05) is 47.7 Å². The molecule has 4 N–H and O–H groups in total. The minimum Gasteiger partial charge on any atom is -0.383 e. The molecular formula is C22H20N6. The highest BCUT2D eigenvalue weighted by Gasteiger charge is 2.21. The minimum absolute atomic E-state index is 0.205. The Hall–Kier alpha value is -3.67. The van der Waals surface area contributed by atoms with E-state index in [0.29, 0.717) is 12.4 Å². The topological polar surface area (TPSA) is 94.0 Å². The van der Waals surface area contributed by atoms with E-state index in [4.69, 9.17) is 11.5 Å². The standard InChI is InChI=1S/C22H20N6/c23-21-17(12-26-22(24)27-21)13-28-10-8-16-11-15(6-7-19(16)28)18-5-1-3-14-4-2-9-25-20(14)18/h1-7,9,11-12H,8,10,13H2,(H4,23,24,26,27). The lowest BCUT2D eigenvalue weighted by atomic mass is 9.99. The summed E-state index contributed by atoms with van der Waals surface area (Å²) in [5.41, 5.74) is 18.5. The molecule has 0 spiro atoms. The predicted octanol–water partition coefficient (Wildman–Crippen LogP) is 3.42. The van der Waals surface area contributed by atoms with E-state index in [2.05, 4.69) is 62.3 Å². The van der Waals surface area contributed by atoms with Crippen LogP contribution in [0.1, 0.15) is 11.1 Å². The number of hydrogen-bond donors (Lipinski definition) is 2. The average Bonchev–Trinajstić information content (AvgIpc) is 3.11. The number of anilines is 3. The van der Waals surface area contributed by atoms with Crippen LogP contribution < -0.4 is 16.4 Å². The van der Waals surface area contributed by atoms with Crippen molar-refractivity contribution in [3.63, 3.8) is 0 Å². The first-order valence-corrected chi connectivity index (χ1v) is 9.28. The Morgan fingerprint density at radius 1 is 1.00 bits per heavy atom. The Morgan fingerprint density at radius 3 is 2.79 bits per heavy atom. The first-order valence-electron chi connectivity index (χ1n) is 9.28. The van der Waals surface area contributed by atoms with Gasteiger partial charge >= 0.3 is 0 Å². The normalized spacial score (nSPS) is 13.1. The van der Waals surface area contributed by atoms with Crippen molar-refractivity contribution in [2.24, 2.45) is 0 Å². The van der Waals surface area contributed by atoms with Gasteiger partial charge in [-0.05, 0) is 35.7 Å². The van der Waals surface area contributed by atoms with Gasteiger partial charge < -0.3 is 16.4 Å². The van der Waals surface area contributed by atoms with Crippen molar-refractivity contribution in [3.05, 3.63) is 72.1 Å². The van der Waals surface area contributed by atoms with E-state index in [-0.39, 0.29) is 5.95 Å². The van der Waals surface area contributed by atoms with Crippen molar-refractivity contribution in [1.29, 1.82) is 0 Å². The number of hydrogen-bond acceptors (Lipinski definition) is 6. The van der Waals surface area contributed by atoms with E-state index in [1.54, 1.807) is 6.20 Å². The van der Waals surface area contributed by atoms with E-state index in [1.165, 1.54) is 16.8 Å². The molecule has 1 aliphatic heterocycles. The molecule has 1 aliphatic rings. The number of para-hydroxylation sites is 1. The van der Waals surface area contributed by atoms with Gasteiger partial charge in [-0.3, -0.25) is 4.98 Å². The maximum Gasteiger partial charge on any atom is 0.221 e. The van der Waals surface area contributed by atoms with E-state index in [1.807, 2.05) is 12.3 Å². The van der Waals surface area contributed by atoms with E-state index >= 15 is 0 Å². The lowest BCUT2D eigenvalue weighted by molar-refractivity contribution is 0.830. The third-order valence-corrected chi connectivity index (χ3v) is 5.29. The molecule has 6 heteroatoms. The van der Waals surface area contributed by atoms with Crippen LogP contribution in [0.25, 0.3) is 22.0 Å². The second-order valence-electron chi connectivity index (χ2n) is 7.03. The van der Waals surface area contributed by atoms with Crippen molar-refractivity contribution in [2.75, 3.05) is 22.9 Å². The summed E-state index contributed by atoms with van der Waals surface area (Å²) in [5.74, 6) is 0.649. The van der Waals surface area contributed by atoms with Crippen molar-refractivity contribution in [1.82, 2.24) is 15.0 Å². The summed E-state index contributed by atoms with van der Waals surface area (Å²) in [5, 5.41) is 1.15. The number of aromatic nitrogens is 3. The highest BCUT2D eigenvalue weighted by Crippen LogP contribution is 2.35. The van der Waals surface area contributed by atoms with Crippen LogP contribution in [-0.4, -0.2) is 21.5 Å². The lowest BCUT2D eigenvalue weighted by Crippen LogP contribution is -2.21. The van der Waals surface area contributed by atoms with Crippen molar-refractivity contribution < 1.29 is 0 Å². The Morgan fingerprint density at radius 2 is 1.89 bits per heavy atom. The van der Waals surface area contributed by atoms with Crippen LogP contribution in [0.3, 0.4) is 0 Å². The van der Waals surface area contributed by atoms with Crippen LogP contribution in [0.4, 0.5) is 17.5 Å². The van der Waals surface area contributed by atoms with Gasteiger partial charge in [0.25, 0.3) is 0 Å². The first kappa shape index (κ1) is 16.5. The Kier molecular flexibility index (Phi) is 3.83. The molecule has 0 radical (unpaired) electrons. The molecule has 0 aliphatic carbocycles. The molecule has 0 amide bonds. The van der Waals surface area contributed by atoms with Gasteiger partial charge in [0.15, 0.2) is 0 Å². The van der Waals surface area contributed by atoms with E-state index in [0.717, 1.165) is 35.0 Å². The maximum absolute atomic E-state index is 6.01. The fourth-order valence-corrected chi connectivity index (χ4v) is 3.90. The Labute approximate surface area is 162 Å². The Balaban J connectivity index is 1.48. The highest BCUT2D eigenvalue weighted by atomic mass is 15.2.